The van der Waals surface area contributed by atoms with E-state index < -0.39 is 9.84 Å². The van der Waals surface area contributed by atoms with E-state index in [1.165, 1.54) is 6.26 Å². The number of nitrogens with zero attached hydrogens (tertiary/aromatic N) is 2. The monoisotopic (exact) mass is 510 g/mol. The van der Waals surface area contributed by atoms with Gasteiger partial charge in [-0.3, -0.25) is 4.79 Å². The molecule has 0 aliphatic carbocycles. The quantitative estimate of drug-likeness (QED) is 0.302. The van der Waals surface area contributed by atoms with Crippen LogP contribution in [-0.4, -0.2) is 57.6 Å². The molecule has 7 nitrogen and oxygen atoms in total. The average molecular weight is 510 g/mol. The normalized spacial score (nSPS) is 11.5. The molecule has 1 aromatic carbocycles. The number of halogens is 1. The lowest BCUT2D eigenvalue weighted by molar-refractivity contribution is -0.130. The van der Waals surface area contributed by atoms with E-state index in [0.717, 1.165) is 5.56 Å². The Kier molecular flexibility index (Phi) is 12.3. The van der Waals surface area contributed by atoms with Gasteiger partial charge in [0.25, 0.3) is 0 Å². The van der Waals surface area contributed by atoms with Crippen LogP contribution in [0.1, 0.15) is 32.8 Å². The minimum atomic E-state index is -3.19. The molecule has 0 atom stereocenters. The summed E-state index contributed by atoms with van der Waals surface area (Å²) in [6.45, 7) is 8.98. The molecule has 0 heterocycles. The zero-order valence-electron chi connectivity index (χ0n) is 16.5. The van der Waals surface area contributed by atoms with Gasteiger partial charge in [-0.15, -0.1) is 24.0 Å². The van der Waals surface area contributed by atoms with Crippen LogP contribution in [0.4, 0.5) is 0 Å². The van der Waals surface area contributed by atoms with Crippen LogP contribution < -0.4 is 10.6 Å². The van der Waals surface area contributed by atoms with Crippen LogP contribution in [0.3, 0.4) is 0 Å². The maximum atomic E-state index is 12.0. The molecule has 154 valence electrons. The summed E-state index contributed by atoms with van der Waals surface area (Å²) >= 11 is 0. The van der Waals surface area contributed by atoms with Crippen LogP contribution in [0.15, 0.2) is 34.2 Å². The number of hydrogen-bond donors (Lipinski definition) is 2. The van der Waals surface area contributed by atoms with E-state index in [4.69, 9.17) is 0 Å². The van der Waals surface area contributed by atoms with Crippen molar-refractivity contribution < 1.29 is 13.2 Å². The number of carbonyl (C=O) groups is 1. The molecule has 0 radical (unpaired) electrons. The number of hydrogen-bond acceptors (Lipinski definition) is 4. The second kappa shape index (κ2) is 12.9. The maximum Gasteiger partial charge on any atom is 0.224 e. The zero-order valence-corrected chi connectivity index (χ0v) is 19.6. The first-order chi connectivity index (χ1) is 12.3. The molecule has 27 heavy (non-hydrogen) atoms. The fourth-order valence-corrected chi connectivity index (χ4v) is 3.01. The summed E-state index contributed by atoms with van der Waals surface area (Å²) in [7, 11) is -3.19. The van der Waals surface area contributed by atoms with Gasteiger partial charge in [0.15, 0.2) is 15.8 Å². The minimum absolute atomic E-state index is 0. The highest BCUT2D eigenvalue weighted by atomic mass is 127. The Labute approximate surface area is 179 Å². The van der Waals surface area contributed by atoms with Gasteiger partial charge >= 0.3 is 0 Å². The van der Waals surface area contributed by atoms with Crippen LogP contribution in [0.25, 0.3) is 0 Å². The first kappa shape index (κ1) is 25.6. The Balaban J connectivity index is 0.00000676. The standard InChI is InChI=1S/C18H30N4O3S.HI/c1-5-19-18(20-13-12-17(23)22(6-2)7-3)21-14-15-8-10-16(11-9-15)26(4,24)25;/h8-11H,5-7,12-14H2,1-4H3,(H2,19,20,21);1H. The summed E-state index contributed by atoms with van der Waals surface area (Å²) in [4.78, 5) is 18.6. The van der Waals surface area contributed by atoms with Gasteiger partial charge in [0.1, 0.15) is 0 Å². The third kappa shape index (κ3) is 9.41. The highest BCUT2D eigenvalue weighted by Crippen LogP contribution is 2.10. The summed E-state index contributed by atoms with van der Waals surface area (Å²) in [5.41, 5.74) is 0.911. The van der Waals surface area contributed by atoms with Crippen LogP contribution in [-0.2, 0) is 21.2 Å². The number of guanidine groups is 1. The molecular formula is C18H31IN4O3S. The number of amides is 1. The molecule has 0 aromatic heterocycles. The van der Waals surface area contributed by atoms with Crippen LogP contribution >= 0.6 is 24.0 Å². The Bertz CT molecular complexity index is 702. The molecule has 0 aliphatic heterocycles. The van der Waals surface area contributed by atoms with Crippen molar-refractivity contribution >= 4 is 45.7 Å². The molecule has 2 N–H and O–H groups in total. The third-order valence-electron chi connectivity index (χ3n) is 3.86. The summed E-state index contributed by atoms with van der Waals surface area (Å²) in [5.74, 6) is 0.752. The van der Waals surface area contributed by atoms with Crippen molar-refractivity contribution in [3.8, 4) is 0 Å². The largest absolute Gasteiger partial charge is 0.357 e. The minimum Gasteiger partial charge on any atom is -0.357 e. The number of aliphatic imine (C=N–C) groups is 1. The van der Waals surface area contributed by atoms with Gasteiger partial charge in [-0.25, -0.2) is 13.4 Å². The number of nitrogens with one attached hydrogen (secondary N) is 2. The first-order valence-corrected chi connectivity index (χ1v) is 10.8. The molecule has 0 aliphatic rings. The average Bonchev–Trinajstić information content (AvgIpc) is 2.60. The topological polar surface area (TPSA) is 90.9 Å². The Hall–Kier alpha value is -1.36. The first-order valence-electron chi connectivity index (χ1n) is 8.90. The lowest BCUT2D eigenvalue weighted by Gasteiger charge is -2.19. The molecule has 1 amide bonds. The van der Waals surface area contributed by atoms with Gasteiger partial charge < -0.3 is 15.5 Å². The Morgan fingerprint density at radius 2 is 1.67 bits per heavy atom. The van der Waals surface area contributed by atoms with Crippen molar-refractivity contribution in [1.29, 1.82) is 0 Å². The van der Waals surface area contributed by atoms with E-state index in [1.54, 1.807) is 29.2 Å². The number of benzene rings is 1. The molecular weight excluding hydrogens is 479 g/mol. The predicted octanol–water partition coefficient (Wildman–Crippen LogP) is 2.02. The van der Waals surface area contributed by atoms with Gasteiger partial charge in [0.05, 0.1) is 11.4 Å². The van der Waals surface area contributed by atoms with Gasteiger partial charge in [0, 0.05) is 38.9 Å². The fraction of sp³-hybridized carbons (Fsp3) is 0.556. The van der Waals surface area contributed by atoms with E-state index in [2.05, 4.69) is 15.6 Å². The van der Waals surface area contributed by atoms with Crippen molar-refractivity contribution in [2.45, 2.75) is 38.6 Å². The molecule has 1 rings (SSSR count). The van der Waals surface area contributed by atoms with Crippen molar-refractivity contribution in [3.05, 3.63) is 29.8 Å². The van der Waals surface area contributed by atoms with Crippen LogP contribution in [0.5, 0.6) is 0 Å². The van der Waals surface area contributed by atoms with E-state index in [9.17, 15) is 13.2 Å². The fourth-order valence-electron chi connectivity index (χ4n) is 2.38. The predicted molar refractivity (Wildman–Crippen MR) is 120 cm³/mol. The lowest BCUT2D eigenvalue weighted by Crippen LogP contribution is -2.40. The number of sulfone groups is 1. The lowest BCUT2D eigenvalue weighted by atomic mass is 10.2. The Morgan fingerprint density at radius 3 is 2.15 bits per heavy atom. The molecule has 1 aromatic rings. The smallest absolute Gasteiger partial charge is 0.224 e. The van der Waals surface area contributed by atoms with Crippen LogP contribution in [0.2, 0.25) is 0 Å². The summed E-state index contributed by atoms with van der Waals surface area (Å²) in [6.07, 6.45) is 1.60. The number of rotatable bonds is 9. The maximum absolute atomic E-state index is 12.0. The third-order valence-corrected chi connectivity index (χ3v) is 4.99. The van der Waals surface area contributed by atoms with Crippen molar-refractivity contribution in [2.75, 3.05) is 32.4 Å². The highest BCUT2D eigenvalue weighted by Gasteiger charge is 2.09. The van der Waals surface area contributed by atoms with Crippen LogP contribution in [0, 0.1) is 0 Å². The molecule has 0 unspecified atom stereocenters. The van der Waals surface area contributed by atoms with E-state index in [1.807, 2.05) is 20.8 Å². The SMILES string of the molecule is CCNC(=NCc1ccc(S(C)(=O)=O)cc1)NCCC(=O)N(CC)CC.I. The van der Waals surface area contributed by atoms with Crippen molar-refractivity contribution in [3.63, 3.8) is 0 Å². The highest BCUT2D eigenvalue weighted by molar-refractivity contribution is 14.0. The summed E-state index contributed by atoms with van der Waals surface area (Å²) < 4.78 is 23.0. The molecule has 0 fully saturated rings. The van der Waals surface area contributed by atoms with Crippen molar-refractivity contribution in [1.82, 2.24) is 15.5 Å². The zero-order chi connectivity index (χ0) is 19.6. The molecule has 9 heteroatoms. The Morgan fingerprint density at radius 1 is 1.07 bits per heavy atom. The van der Waals surface area contributed by atoms with Gasteiger partial charge in [0.2, 0.25) is 5.91 Å². The molecule has 0 saturated carbocycles. The van der Waals surface area contributed by atoms with Gasteiger partial charge in [-0.05, 0) is 38.5 Å². The second-order valence-corrected chi connectivity index (χ2v) is 7.87. The van der Waals surface area contributed by atoms with Crippen molar-refractivity contribution in [2.24, 2.45) is 4.99 Å². The van der Waals surface area contributed by atoms with E-state index in [-0.39, 0.29) is 29.9 Å². The van der Waals surface area contributed by atoms with Gasteiger partial charge in [-0.2, -0.15) is 0 Å². The van der Waals surface area contributed by atoms with E-state index in [0.29, 0.717) is 50.0 Å². The number of carbonyl (C=O) groups excluding carboxylic acids is 1. The van der Waals surface area contributed by atoms with Gasteiger partial charge in [-0.1, -0.05) is 12.1 Å². The summed E-state index contributed by atoms with van der Waals surface area (Å²) in [5, 5.41) is 6.29. The molecule has 0 bridgehead atoms. The molecule has 0 spiro atoms. The second-order valence-electron chi connectivity index (χ2n) is 5.85. The van der Waals surface area contributed by atoms with E-state index >= 15 is 0 Å². The molecule has 0 saturated heterocycles. The summed E-state index contributed by atoms with van der Waals surface area (Å²) in [6, 6.07) is 6.69.